The summed E-state index contributed by atoms with van der Waals surface area (Å²) in [5.41, 5.74) is -0.172. The lowest BCUT2D eigenvalue weighted by molar-refractivity contribution is -0.127. The van der Waals surface area contributed by atoms with E-state index in [0.29, 0.717) is 19.0 Å². The van der Waals surface area contributed by atoms with Gasteiger partial charge in [-0.1, -0.05) is 0 Å². The van der Waals surface area contributed by atoms with Crippen molar-refractivity contribution in [2.75, 3.05) is 40.3 Å². The number of guanidine groups is 1. The Morgan fingerprint density at radius 3 is 2.88 bits per heavy atom. The monoisotopic (exact) mass is 336 g/mol. The number of amides is 1. The maximum absolute atomic E-state index is 11.8. The summed E-state index contributed by atoms with van der Waals surface area (Å²) in [6.45, 7) is 4.34. The summed E-state index contributed by atoms with van der Waals surface area (Å²) in [5.74, 6) is 1.50. The van der Waals surface area contributed by atoms with Gasteiger partial charge in [-0.15, -0.1) is 0 Å². The molecule has 0 aromatic carbocycles. The van der Waals surface area contributed by atoms with E-state index < -0.39 is 0 Å². The number of ether oxygens (including phenoxy) is 1. The van der Waals surface area contributed by atoms with Crippen LogP contribution in [0.2, 0.25) is 0 Å². The lowest BCUT2D eigenvalue weighted by atomic mass is 10.0. The van der Waals surface area contributed by atoms with Crippen LogP contribution in [0.5, 0.6) is 0 Å². The zero-order valence-corrected chi connectivity index (χ0v) is 14.8. The number of nitrogens with zero attached hydrogens (tertiary/aromatic N) is 2. The van der Waals surface area contributed by atoms with Gasteiger partial charge in [-0.3, -0.25) is 4.79 Å². The SMILES string of the molecule is CN(C)C(=O)CN=C(NCCc1ccco1)NCC1(C)CCCO1. The summed E-state index contributed by atoms with van der Waals surface area (Å²) in [6, 6.07) is 3.81. The Morgan fingerprint density at radius 1 is 1.42 bits per heavy atom. The molecular formula is C17H28N4O3. The molecule has 1 unspecified atom stereocenters. The first-order chi connectivity index (χ1) is 11.5. The van der Waals surface area contributed by atoms with Gasteiger partial charge in [-0.25, -0.2) is 4.99 Å². The normalized spacial score (nSPS) is 20.9. The third-order valence-corrected chi connectivity index (χ3v) is 4.05. The fourth-order valence-corrected chi connectivity index (χ4v) is 2.47. The molecule has 1 aliphatic rings. The summed E-state index contributed by atoms with van der Waals surface area (Å²) >= 11 is 0. The van der Waals surface area contributed by atoms with Gasteiger partial charge < -0.3 is 24.7 Å². The molecule has 1 amide bonds. The van der Waals surface area contributed by atoms with E-state index in [0.717, 1.165) is 31.6 Å². The minimum atomic E-state index is -0.172. The van der Waals surface area contributed by atoms with Crippen LogP contribution in [0.15, 0.2) is 27.8 Å². The second-order valence-corrected chi connectivity index (χ2v) is 6.46. The molecule has 1 aromatic heterocycles. The average Bonchev–Trinajstić information content (AvgIpc) is 3.21. The number of likely N-dealkylation sites (N-methyl/N-ethyl adjacent to an activating group) is 1. The predicted octanol–water partition coefficient (Wildman–Crippen LogP) is 1.01. The Kier molecular flexibility index (Phi) is 6.66. The van der Waals surface area contributed by atoms with Gasteiger partial charge in [0.1, 0.15) is 12.3 Å². The average molecular weight is 336 g/mol. The second-order valence-electron chi connectivity index (χ2n) is 6.46. The van der Waals surface area contributed by atoms with Crippen molar-refractivity contribution in [3.63, 3.8) is 0 Å². The summed E-state index contributed by atoms with van der Waals surface area (Å²) in [5, 5.41) is 6.54. The highest BCUT2D eigenvalue weighted by molar-refractivity contribution is 5.84. The highest BCUT2D eigenvalue weighted by Crippen LogP contribution is 2.23. The molecule has 0 aliphatic carbocycles. The number of aliphatic imine (C=N–C) groups is 1. The Morgan fingerprint density at radius 2 is 2.25 bits per heavy atom. The first kappa shape index (κ1) is 18.3. The van der Waals surface area contributed by atoms with Crippen molar-refractivity contribution in [3.8, 4) is 0 Å². The molecule has 1 fully saturated rings. The van der Waals surface area contributed by atoms with E-state index in [2.05, 4.69) is 22.5 Å². The van der Waals surface area contributed by atoms with Crippen molar-refractivity contribution in [2.45, 2.75) is 31.8 Å². The van der Waals surface area contributed by atoms with Gasteiger partial charge in [-0.05, 0) is 31.9 Å². The molecular weight excluding hydrogens is 308 g/mol. The number of carbonyl (C=O) groups is 1. The Labute approximate surface area is 143 Å². The van der Waals surface area contributed by atoms with Gasteiger partial charge >= 0.3 is 0 Å². The predicted molar refractivity (Wildman–Crippen MR) is 93.0 cm³/mol. The Bertz CT molecular complexity index is 534. The van der Waals surface area contributed by atoms with Gasteiger partial charge in [0.05, 0.1) is 11.9 Å². The lowest BCUT2D eigenvalue weighted by Crippen LogP contribution is -2.46. The summed E-state index contributed by atoms with van der Waals surface area (Å²) in [6.07, 6.45) is 4.52. The standard InChI is InChI=1S/C17H28N4O3/c1-17(8-5-11-24-17)13-20-16(19-12-15(22)21(2)3)18-9-7-14-6-4-10-23-14/h4,6,10H,5,7-9,11-13H2,1-3H3,(H2,18,19,20). The van der Waals surface area contributed by atoms with E-state index in [9.17, 15) is 4.79 Å². The first-order valence-electron chi connectivity index (χ1n) is 8.37. The van der Waals surface area contributed by atoms with E-state index in [-0.39, 0.29) is 18.1 Å². The van der Waals surface area contributed by atoms with Gasteiger partial charge in [0, 0.05) is 40.2 Å². The van der Waals surface area contributed by atoms with E-state index in [4.69, 9.17) is 9.15 Å². The van der Waals surface area contributed by atoms with Crippen LogP contribution in [0.25, 0.3) is 0 Å². The fourth-order valence-electron chi connectivity index (χ4n) is 2.47. The summed E-state index contributed by atoms with van der Waals surface area (Å²) < 4.78 is 11.1. The van der Waals surface area contributed by atoms with Crippen LogP contribution in [-0.2, 0) is 16.0 Å². The topological polar surface area (TPSA) is 79.1 Å². The molecule has 1 aliphatic heterocycles. The van der Waals surface area contributed by atoms with Crippen molar-refractivity contribution in [2.24, 2.45) is 4.99 Å². The number of nitrogens with one attached hydrogen (secondary N) is 2. The maximum Gasteiger partial charge on any atom is 0.243 e. The number of carbonyl (C=O) groups excluding carboxylic acids is 1. The smallest absolute Gasteiger partial charge is 0.243 e. The van der Waals surface area contributed by atoms with Gasteiger partial charge in [0.2, 0.25) is 5.91 Å². The van der Waals surface area contributed by atoms with Crippen LogP contribution >= 0.6 is 0 Å². The maximum atomic E-state index is 11.8. The summed E-state index contributed by atoms with van der Waals surface area (Å²) in [4.78, 5) is 17.7. The van der Waals surface area contributed by atoms with Crippen LogP contribution in [0.4, 0.5) is 0 Å². The molecule has 0 bridgehead atoms. The van der Waals surface area contributed by atoms with Gasteiger partial charge in [-0.2, -0.15) is 0 Å². The molecule has 0 radical (unpaired) electrons. The highest BCUT2D eigenvalue weighted by atomic mass is 16.5. The quantitative estimate of drug-likeness (QED) is 0.574. The molecule has 1 saturated heterocycles. The number of furan rings is 1. The van der Waals surface area contributed by atoms with E-state index in [1.807, 2.05) is 12.1 Å². The third kappa shape index (κ3) is 5.88. The molecule has 0 saturated carbocycles. The molecule has 7 heteroatoms. The lowest BCUT2D eigenvalue weighted by Gasteiger charge is -2.25. The van der Waals surface area contributed by atoms with Crippen LogP contribution < -0.4 is 10.6 Å². The Balaban J connectivity index is 1.86. The number of hydrogen-bond donors (Lipinski definition) is 2. The van der Waals surface area contributed by atoms with Crippen LogP contribution in [0, 0.1) is 0 Å². The fraction of sp³-hybridized carbons (Fsp3) is 0.647. The second kappa shape index (κ2) is 8.73. The molecule has 7 nitrogen and oxygen atoms in total. The minimum absolute atomic E-state index is 0.0366. The van der Waals surface area contributed by atoms with Crippen molar-refractivity contribution < 1.29 is 13.9 Å². The summed E-state index contributed by atoms with van der Waals surface area (Å²) in [7, 11) is 3.45. The van der Waals surface area contributed by atoms with Crippen molar-refractivity contribution in [3.05, 3.63) is 24.2 Å². The molecule has 2 rings (SSSR count). The zero-order valence-electron chi connectivity index (χ0n) is 14.8. The molecule has 134 valence electrons. The van der Waals surface area contributed by atoms with Crippen molar-refractivity contribution in [1.82, 2.24) is 15.5 Å². The molecule has 2 N–H and O–H groups in total. The van der Waals surface area contributed by atoms with Crippen LogP contribution in [0.3, 0.4) is 0 Å². The van der Waals surface area contributed by atoms with Gasteiger partial charge in [0.15, 0.2) is 5.96 Å². The van der Waals surface area contributed by atoms with Gasteiger partial charge in [0.25, 0.3) is 0 Å². The van der Waals surface area contributed by atoms with Crippen LogP contribution in [-0.4, -0.2) is 62.7 Å². The first-order valence-corrected chi connectivity index (χ1v) is 8.37. The largest absolute Gasteiger partial charge is 0.469 e. The number of rotatable bonds is 7. The Hall–Kier alpha value is -2.02. The minimum Gasteiger partial charge on any atom is -0.469 e. The van der Waals surface area contributed by atoms with Crippen molar-refractivity contribution >= 4 is 11.9 Å². The molecule has 1 aromatic rings. The van der Waals surface area contributed by atoms with Crippen molar-refractivity contribution in [1.29, 1.82) is 0 Å². The third-order valence-electron chi connectivity index (χ3n) is 4.05. The molecule has 24 heavy (non-hydrogen) atoms. The van der Waals surface area contributed by atoms with E-state index >= 15 is 0 Å². The molecule has 1 atom stereocenters. The molecule has 0 spiro atoms. The zero-order chi connectivity index (χ0) is 17.4. The molecule has 2 heterocycles. The van der Waals surface area contributed by atoms with E-state index in [1.54, 1.807) is 20.4 Å². The highest BCUT2D eigenvalue weighted by Gasteiger charge is 2.29. The van der Waals surface area contributed by atoms with Crippen LogP contribution in [0.1, 0.15) is 25.5 Å². The van der Waals surface area contributed by atoms with E-state index in [1.165, 1.54) is 4.90 Å². The number of hydrogen-bond acceptors (Lipinski definition) is 4.